The first kappa shape index (κ1) is 39.0. The maximum Gasteiger partial charge on any atom is 0.307 e. The van der Waals surface area contributed by atoms with Gasteiger partial charge in [-0.1, -0.05) is 113 Å². The van der Waals surface area contributed by atoms with Crippen molar-refractivity contribution in [2.24, 2.45) is 5.41 Å². The zero-order chi connectivity index (χ0) is 30.1. The third kappa shape index (κ3) is 23.7. The predicted octanol–water partition coefficient (Wildman–Crippen LogP) is 6.00. The molecular formula is C30H58N2O6S2. The lowest BCUT2D eigenvalue weighted by molar-refractivity contribution is -0.153. The molecule has 0 rings (SSSR count). The van der Waals surface area contributed by atoms with Crippen molar-refractivity contribution < 1.29 is 29.0 Å². The molecule has 1 atom stereocenters. The lowest BCUT2D eigenvalue weighted by Gasteiger charge is -2.29. The summed E-state index contributed by atoms with van der Waals surface area (Å²) in [6.07, 6.45) is 15.2. The normalized spacial score (nSPS) is 12.4. The molecule has 0 bridgehead atoms. The van der Waals surface area contributed by atoms with Crippen molar-refractivity contribution in [2.45, 2.75) is 117 Å². The monoisotopic (exact) mass is 606 g/mol. The summed E-state index contributed by atoms with van der Waals surface area (Å²) in [6.45, 7) is 6.47. The fourth-order valence-corrected chi connectivity index (χ4v) is 5.83. The molecule has 40 heavy (non-hydrogen) atoms. The van der Waals surface area contributed by atoms with Gasteiger partial charge in [-0.2, -0.15) is 0 Å². The largest absolute Gasteiger partial charge is 0.465 e. The number of esters is 2. The Morgan fingerprint density at radius 2 is 1.32 bits per heavy atom. The lowest BCUT2D eigenvalue weighted by Crippen LogP contribution is -2.46. The zero-order valence-electron chi connectivity index (χ0n) is 26.0. The van der Waals surface area contributed by atoms with E-state index in [1.54, 1.807) is 24.6 Å². The number of ether oxygens (including phenoxy) is 2. The van der Waals surface area contributed by atoms with Crippen molar-refractivity contribution >= 4 is 39.4 Å². The van der Waals surface area contributed by atoms with Crippen LogP contribution in [0, 0.1) is 5.41 Å². The SMILES string of the molecule is CCCCCCCCCCCCCCSSCCOC(=O)CCNC(=O)C(O)C(C)(C)COC(=O)CCN(C)C. The molecule has 0 spiro atoms. The van der Waals surface area contributed by atoms with Gasteiger partial charge in [-0.25, -0.2) is 0 Å². The van der Waals surface area contributed by atoms with E-state index in [9.17, 15) is 19.5 Å². The third-order valence-corrected chi connectivity index (χ3v) is 9.03. The number of hydrogen-bond acceptors (Lipinski definition) is 9. The van der Waals surface area contributed by atoms with Gasteiger partial charge >= 0.3 is 11.9 Å². The van der Waals surface area contributed by atoms with Crippen LogP contribution in [0.1, 0.15) is 111 Å². The van der Waals surface area contributed by atoms with Crippen LogP contribution in [0.25, 0.3) is 0 Å². The van der Waals surface area contributed by atoms with E-state index < -0.39 is 17.4 Å². The molecule has 0 aromatic heterocycles. The predicted molar refractivity (Wildman–Crippen MR) is 168 cm³/mol. The second-order valence-electron chi connectivity index (χ2n) is 11.4. The minimum atomic E-state index is -1.37. The average molecular weight is 607 g/mol. The summed E-state index contributed by atoms with van der Waals surface area (Å²) in [7, 11) is 7.28. The number of aliphatic hydroxyl groups excluding tert-OH is 1. The summed E-state index contributed by atoms with van der Waals surface area (Å²) in [5, 5.41) is 12.9. The Kier molecular flexibility index (Phi) is 25.1. The fourth-order valence-electron chi connectivity index (χ4n) is 3.85. The van der Waals surface area contributed by atoms with Gasteiger partial charge in [0.1, 0.15) is 12.7 Å². The number of carbonyl (C=O) groups excluding carboxylic acids is 3. The molecule has 0 aliphatic heterocycles. The van der Waals surface area contributed by atoms with Crippen molar-refractivity contribution in [1.82, 2.24) is 10.2 Å². The van der Waals surface area contributed by atoms with E-state index >= 15 is 0 Å². The molecule has 0 aromatic rings. The van der Waals surface area contributed by atoms with Crippen LogP contribution in [0.2, 0.25) is 0 Å². The van der Waals surface area contributed by atoms with Crippen molar-refractivity contribution in [3.05, 3.63) is 0 Å². The summed E-state index contributed by atoms with van der Waals surface area (Å²) in [5.41, 5.74) is -0.958. The Morgan fingerprint density at radius 3 is 1.90 bits per heavy atom. The number of unbranched alkanes of at least 4 members (excludes halogenated alkanes) is 11. The highest BCUT2D eigenvalue weighted by atomic mass is 33.1. The van der Waals surface area contributed by atoms with Crippen LogP contribution in [0.3, 0.4) is 0 Å². The van der Waals surface area contributed by atoms with Gasteiger partial charge in [0.15, 0.2) is 0 Å². The average Bonchev–Trinajstić information content (AvgIpc) is 2.91. The number of carbonyl (C=O) groups is 3. The summed E-state index contributed by atoms with van der Waals surface area (Å²) >= 11 is 0. The van der Waals surface area contributed by atoms with Crippen molar-refractivity contribution in [2.75, 3.05) is 51.9 Å². The smallest absolute Gasteiger partial charge is 0.307 e. The Hall–Kier alpha value is -0.970. The molecule has 236 valence electrons. The van der Waals surface area contributed by atoms with Crippen LogP contribution in [0.5, 0.6) is 0 Å². The maximum atomic E-state index is 12.3. The number of nitrogens with zero attached hydrogens (tertiary/aromatic N) is 1. The van der Waals surface area contributed by atoms with Gasteiger partial charge in [-0.3, -0.25) is 14.4 Å². The van der Waals surface area contributed by atoms with E-state index in [4.69, 9.17) is 9.47 Å². The molecular weight excluding hydrogens is 548 g/mol. The van der Waals surface area contributed by atoms with Crippen LogP contribution in [0.4, 0.5) is 0 Å². The Balaban J connectivity index is 3.66. The highest BCUT2D eigenvalue weighted by Gasteiger charge is 2.35. The van der Waals surface area contributed by atoms with Gasteiger partial charge < -0.3 is 24.8 Å². The van der Waals surface area contributed by atoms with E-state index in [-0.39, 0.29) is 37.9 Å². The van der Waals surface area contributed by atoms with Gasteiger partial charge in [0.2, 0.25) is 5.91 Å². The van der Waals surface area contributed by atoms with Crippen LogP contribution in [-0.2, 0) is 23.9 Å². The standard InChI is InChI=1S/C30H58N2O6S2/c1-6-7-8-9-10-11-12-13-14-15-16-17-23-39-40-24-22-37-26(33)18-20-31-29(36)28(35)30(2,3)25-38-27(34)19-21-32(4)5/h28,35H,6-25H2,1-5H3,(H,31,36). The quantitative estimate of drug-likeness (QED) is 0.0662. The van der Waals surface area contributed by atoms with Crippen molar-refractivity contribution in [1.29, 1.82) is 0 Å². The molecule has 0 heterocycles. The number of rotatable bonds is 27. The number of aliphatic hydroxyl groups is 1. The van der Waals surface area contributed by atoms with Crippen LogP contribution >= 0.6 is 21.6 Å². The van der Waals surface area contributed by atoms with Crippen molar-refractivity contribution in [3.63, 3.8) is 0 Å². The Labute approximate surface area is 252 Å². The summed E-state index contributed by atoms with van der Waals surface area (Å²) in [4.78, 5) is 37.9. The number of nitrogens with one attached hydrogen (secondary N) is 1. The summed E-state index contributed by atoms with van der Waals surface area (Å²) in [6, 6.07) is 0. The van der Waals surface area contributed by atoms with E-state index in [2.05, 4.69) is 12.2 Å². The minimum absolute atomic E-state index is 0.0368. The highest BCUT2D eigenvalue weighted by molar-refractivity contribution is 8.76. The molecule has 1 amide bonds. The molecule has 8 nitrogen and oxygen atoms in total. The molecule has 0 saturated carbocycles. The number of hydrogen-bond donors (Lipinski definition) is 2. The van der Waals surface area contributed by atoms with Crippen LogP contribution < -0.4 is 5.32 Å². The van der Waals surface area contributed by atoms with Crippen LogP contribution in [-0.4, -0.2) is 85.9 Å². The van der Waals surface area contributed by atoms with Gasteiger partial charge in [0.05, 0.1) is 19.4 Å². The molecule has 2 N–H and O–H groups in total. The first-order valence-corrected chi connectivity index (χ1v) is 17.7. The molecule has 0 radical (unpaired) electrons. The van der Waals surface area contributed by atoms with Gasteiger partial charge in [-0.05, 0) is 20.5 Å². The van der Waals surface area contributed by atoms with E-state index in [1.165, 1.54) is 77.0 Å². The topological polar surface area (TPSA) is 105 Å². The van der Waals surface area contributed by atoms with Gasteiger partial charge in [0, 0.05) is 30.0 Å². The van der Waals surface area contributed by atoms with Gasteiger partial charge in [0.25, 0.3) is 0 Å². The lowest BCUT2D eigenvalue weighted by atomic mass is 9.87. The molecule has 0 aliphatic carbocycles. The number of amides is 1. The molecule has 0 saturated heterocycles. The third-order valence-electron chi connectivity index (χ3n) is 6.58. The Bertz CT molecular complexity index is 664. The summed E-state index contributed by atoms with van der Waals surface area (Å²) in [5.74, 6) is 0.498. The van der Waals surface area contributed by atoms with Crippen LogP contribution in [0.15, 0.2) is 0 Å². The molecule has 10 heteroatoms. The zero-order valence-corrected chi connectivity index (χ0v) is 27.6. The molecule has 0 fully saturated rings. The van der Waals surface area contributed by atoms with E-state index in [0.29, 0.717) is 13.2 Å². The molecule has 0 aromatic carbocycles. The molecule has 0 aliphatic rings. The van der Waals surface area contributed by atoms with Crippen molar-refractivity contribution in [3.8, 4) is 0 Å². The second-order valence-corrected chi connectivity index (χ2v) is 14.1. The van der Waals surface area contributed by atoms with E-state index in [1.807, 2.05) is 29.8 Å². The second kappa shape index (κ2) is 25.7. The first-order valence-electron chi connectivity index (χ1n) is 15.3. The van der Waals surface area contributed by atoms with E-state index in [0.717, 1.165) is 11.5 Å². The Morgan fingerprint density at radius 1 is 0.800 bits per heavy atom. The highest BCUT2D eigenvalue weighted by Crippen LogP contribution is 2.23. The maximum absolute atomic E-state index is 12.3. The first-order chi connectivity index (χ1) is 19.1. The summed E-state index contributed by atoms with van der Waals surface area (Å²) < 4.78 is 10.4. The minimum Gasteiger partial charge on any atom is -0.465 e. The fraction of sp³-hybridized carbons (Fsp3) is 0.900. The molecule has 1 unspecified atom stereocenters. The van der Waals surface area contributed by atoms with Gasteiger partial charge in [-0.15, -0.1) is 0 Å².